The lowest BCUT2D eigenvalue weighted by molar-refractivity contribution is -0.141. The quantitative estimate of drug-likeness (QED) is 0.688. The fourth-order valence-electron chi connectivity index (χ4n) is 2.03. The minimum atomic E-state index is -0.287. The number of hydrogen-bond donors (Lipinski definition) is 1. The number of ether oxygens (including phenoxy) is 1. The summed E-state index contributed by atoms with van der Waals surface area (Å²) >= 11 is 5.97. The van der Waals surface area contributed by atoms with Gasteiger partial charge in [0.25, 0.3) is 0 Å². The molecule has 0 saturated heterocycles. The normalized spacial score (nSPS) is 13.0. The first-order chi connectivity index (χ1) is 10.3. The largest absolute Gasteiger partial charge is 0.469 e. The van der Waals surface area contributed by atoms with Crippen molar-refractivity contribution in [3.05, 3.63) is 23.6 Å². The van der Waals surface area contributed by atoms with Gasteiger partial charge in [-0.25, -0.2) is 4.98 Å². The van der Waals surface area contributed by atoms with E-state index in [1.807, 2.05) is 26.8 Å². The standard InChI is InChI=1S/C15H19ClN4O2/c1-15(2,3)10(8-11(21)22-4)19-13-12-9(6-5-7-17-12)18-14(16)20-13/h5-7,10H,8H2,1-4H3,(H,18,19,20). The van der Waals surface area contributed by atoms with Gasteiger partial charge < -0.3 is 10.1 Å². The first-order valence-corrected chi connectivity index (χ1v) is 7.30. The van der Waals surface area contributed by atoms with Crippen molar-refractivity contribution in [2.45, 2.75) is 33.2 Å². The van der Waals surface area contributed by atoms with E-state index in [-0.39, 0.29) is 29.1 Å². The summed E-state index contributed by atoms with van der Waals surface area (Å²) in [6, 6.07) is 3.41. The summed E-state index contributed by atoms with van der Waals surface area (Å²) in [4.78, 5) is 24.3. The van der Waals surface area contributed by atoms with Crippen LogP contribution < -0.4 is 5.32 Å². The van der Waals surface area contributed by atoms with Crippen LogP contribution in [0.4, 0.5) is 5.82 Å². The van der Waals surface area contributed by atoms with Crippen molar-refractivity contribution < 1.29 is 9.53 Å². The van der Waals surface area contributed by atoms with Gasteiger partial charge in [-0.05, 0) is 29.1 Å². The summed E-state index contributed by atoms with van der Waals surface area (Å²) in [7, 11) is 1.38. The summed E-state index contributed by atoms with van der Waals surface area (Å²) < 4.78 is 4.77. The summed E-state index contributed by atoms with van der Waals surface area (Å²) in [6.45, 7) is 6.10. The Bertz CT molecular complexity index is 685. The second-order valence-electron chi connectivity index (χ2n) is 6.06. The fourth-order valence-corrected chi connectivity index (χ4v) is 2.20. The van der Waals surface area contributed by atoms with Crippen molar-refractivity contribution in [3.8, 4) is 0 Å². The molecule has 0 fully saturated rings. The molecule has 1 N–H and O–H groups in total. The Hall–Kier alpha value is -1.95. The highest BCUT2D eigenvalue weighted by Gasteiger charge is 2.28. The van der Waals surface area contributed by atoms with E-state index in [0.29, 0.717) is 16.9 Å². The first-order valence-electron chi connectivity index (χ1n) is 6.93. The number of nitrogens with zero attached hydrogens (tertiary/aromatic N) is 3. The molecule has 118 valence electrons. The predicted octanol–water partition coefficient (Wildman–Crippen LogP) is 3.07. The molecule has 0 bridgehead atoms. The second-order valence-corrected chi connectivity index (χ2v) is 6.39. The molecule has 2 aromatic rings. The van der Waals surface area contributed by atoms with E-state index < -0.39 is 0 Å². The third kappa shape index (κ3) is 3.82. The summed E-state index contributed by atoms with van der Waals surface area (Å²) in [5, 5.41) is 3.40. The number of halogens is 1. The Morgan fingerprint density at radius 2 is 2.14 bits per heavy atom. The molecular weight excluding hydrogens is 304 g/mol. The van der Waals surface area contributed by atoms with E-state index in [4.69, 9.17) is 16.3 Å². The maximum absolute atomic E-state index is 11.7. The van der Waals surface area contributed by atoms with Gasteiger partial charge in [0.1, 0.15) is 5.52 Å². The van der Waals surface area contributed by atoms with Gasteiger partial charge in [0.15, 0.2) is 5.82 Å². The fraction of sp³-hybridized carbons (Fsp3) is 0.467. The lowest BCUT2D eigenvalue weighted by atomic mass is 9.84. The van der Waals surface area contributed by atoms with Gasteiger partial charge >= 0.3 is 5.97 Å². The molecule has 0 radical (unpaired) electrons. The summed E-state index contributed by atoms with van der Waals surface area (Å²) in [5.41, 5.74) is 1.08. The van der Waals surface area contributed by atoms with Crippen molar-refractivity contribution in [1.29, 1.82) is 0 Å². The monoisotopic (exact) mass is 322 g/mol. The Labute approximate surface area is 134 Å². The number of esters is 1. The van der Waals surface area contributed by atoms with E-state index in [9.17, 15) is 4.79 Å². The number of nitrogens with one attached hydrogen (secondary N) is 1. The zero-order valence-electron chi connectivity index (χ0n) is 13.1. The molecule has 0 saturated carbocycles. The van der Waals surface area contributed by atoms with Crippen LogP contribution in [0.25, 0.3) is 11.0 Å². The summed E-state index contributed by atoms with van der Waals surface area (Å²) in [5.74, 6) is 0.226. The van der Waals surface area contributed by atoms with E-state index in [1.54, 1.807) is 12.3 Å². The van der Waals surface area contributed by atoms with Crippen molar-refractivity contribution in [2.75, 3.05) is 12.4 Å². The molecule has 1 atom stereocenters. The Balaban J connectivity index is 2.39. The van der Waals surface area contributed by atoms with Crippen molar-refractivity contribution >= 4 is 34.4 Å². The molecule has 1 unspecified atom stereocenters. The number of hydrogen-bond acceptors (Lipinski definition) is 6. The highest BCUT2D eigenvalue weighted by molar-refractivity contribution is 6.28. The van der Waals surface area contributed by atoms with Crippen molar-refractivity contribution in [2.24, 2.45) is 5.41 Å². The van der Waals surface area contributed by atoms with Gasteiger partial charge in [0, 0.05) is 12.2 Å². The van der Waals surface area contributed by atoms with Crippen LogP contribution in [0.3, 0.4) is 0 Å². The van der Waals surface area contributed by atoms with Gasteiger partial charge in [0.2, 0.25) is 5.28 Å². The number of methoxy groups -OCH3 is 1. The Kier molecular flexibility index (Phi) is 4.81. The lowest BCUT2D eigenvalue weighted by Gasteiger charge is -2.31. The Morgan fingerprint density at radius 3 is 2.77 bits per heavy atom. The van der Waals surface area contributed by atoms with Crippen molar-refractivity contribution in [1.82, 2.24) is 15.0 Å². The molecule has 2 aromatic heterocycles. The SMILES string of the molecule is COC(=O)CC(Nc1nc(Cl)nc2cccnc12)C(C)(C)C. The number of anilines is 1. The van der Waals surface area contributed by atoms with Crippen LogP contribution in [0.2, 0.25) is 5.28 Å². The molecule has 0 amide bonds. The number of aromatic nitrogens is 3. The average molecular weight is 323 g/mol. The highest BCUT2D eigenvalue weighted by Crippen LogP contribution is 2.28. The third-order valence-corrected chi connectivity index (χ3v) is 3.55. The number of fused-ring (bicyclic) bond motifs is 1. The summed E-state index contributed by atoms with van der Waals surface area (Å²) in [6.07, 6.45) is 1.88. The zero-order valence-corrected chi connectivity index (χ0v) is 13.8. The zero-order chi connectivity index (χ0) is 16.3. The average Bonchev–Trinajstić information content (AvgIpc) is 2.45. The van der Waals surface area contributed by atoms with Gasteiger partial charge in [-0.15, -0.1) is 0 Å². The molecule has 0 aliphatic rings. The van der Waals surface area contributed by atoms with Crippen LogP contribution in [-0.4, -0.2) is 34.1 Å². The second kappa shape index (κ2) is 6.44. The highest BCUT2D eigenvalue weighted by atomic mass is 35.5. The smallest absolute Gasteiger partial charge is 0.307 e. The van der Waals surface area contributed by atoms with Crippen molar-refractivity contribution in [3.63, 3.8) is 0 Å². The molecule has 22 heavy (non-hydrogen) atoms. The maximum Gasteiger partial charge on any atom is 0.307 e. The van der Waals surface area contributed by atoms with Gasteiger partial charge in [-0.2, -0.15) is 4.98 Å². The van der Waals surface area contributed by atoms with Crippen LogP contribution in [-0.2, 0) is 9.53 Å². The van der Waals surface area contributed by atoms with Crippen LogP contribution in [0.15, 0.2) is 18.3 Å². The molecule has 0 aliphatic carbocycles. The predicted molar refractivity (Wildman–Crippen MR) is 85.8 cm³/mol. The van der Waals surface area contributed by atoms with Gasteiger partial charge in [-0.3, -0.25) is 9.78 Å². The minimum Gasteiger partial charge on any atom is -0.469 e. The number of rotatable bonds is 4. The topological polar surface area (TPSA) is 77.0 Å². The van der Waals surface area contributed by atoms with Crippen LogP contribution >= 0.6 is 11.6 Å². The molecule has 0 aromatic carbocycles. The van der Waals surface area contributed by atoms with E-state index in [0.717, 1.165) is 0 Å². The number of pyridine rings is 1. The van der Waals surface area contributed by atoms with Gasteiger partial charge in [0.05, 0.1) is 19.0 Å². The number of carbonyl (C=O) groups excluding carboxylic acids is 1. The van der Waals surface area contributed by atoms with E-state index in [1.165, 1.54) is 7.11 Å². The molecule has 0 spiro atoms. The number of carbonyl (C=O) groups is 1. The van der Waals surface area contributed by atoms with Crippen LogP contribution in [0, 0.1) is 5.41 Å². The molecule has 0 aliphatic heterocycles. The van der Waals surface area contributed by atoms with E-state index >= 15 is 0 Å². The van der Waals surface area contributed by atoms with Crippen LogP contribution in [0.1, 0.15) is 27.2 Å². The molecule has 6 nitrogen and oxygen atoms in total. The Morgan fingerprint density at radius 1 is 1.41 bits per heavy atom. The molecule has 2 rings (SSSR count). The third-order valence-electron chi connectivity index (χ3n) is 3.38. The minimum absolute atomic E-state index is 0.133. The van der Waals surface area contributed by atoms with E-state index in [2.05, 4.69) is 20.3 Å². The first kappa shape index (κ1) is 16.4. The maximum atomic E-state index is 11.7. The van der Waals surface area contributed by atoms with Crippen LogP contribution in [0.5, 0.6) is 0 Å². The van der Waals surface area contributed by atoms with Gasteiger partial charge in [-0.1, -0.05) is 20.8 Å². The molecule has 2 heterocycles. The molecular formula is C15H19ClN4O2. The lowest BCUT2D eigenvalue weighted by Crippen LogP contribution is -2.36. The molecule has 7 heteroatoms.